The summed E-state index contributed by atoms with van der Waals surface area (Å²) in [7, 11) is 0. The van der Waals surface area contributed by atoms with Crippen molar-refractivity contribution in [2.75, 3.05) is 0 Å². The Hall–Kier alpha value is -2.10. The minimum Gasteiger partial charge on any atom is -0.356 e. The molecular weight excluding hydrogens is 212 g/mol. The van der Waals surface area contributed by atoms with Crippen molar-refractivity contribution in [1.29, 1.82) is 10.5 Å². The quantitative estimate of drug-likeness (QED) is 0.461. The summed E-state index contributed by atoms with van der Waals surface area (Å²) in [5.41, 5.74) is 2.00. The van der Waals surface area contributed by atoms with Gasteiger partial charge >= 0.3 is 0 Å². The SMILES string of the molecule is N#CC1=C(C#N)C2C=CC1C1=CC=CC3OC132. The second-order valence-corrected chi connectivity index (χ2v) is 4.73. The molecule has 17 heavy (non-hydrogen) atoms. The third-order valence-electron chi connectivity index (χ3n) is 4.15. The smallest absolute Gasteiger partial charge is 0.132 e. The van der Waals surface area contributed by atoms with Gasteiger partial charge in [-0.15, -0.1) is 0 Å². The van der Waals surface area contributed by atoms with Crippen LogP contribution in [-0.2, 0) is 4.74 Å². The van der Waals surface area contributed by atoms with Crippen molar-refractivity contribution in [3.63, 3.8) is 0 Å². The van der Waals surface area contributed by atoms with Crippen molar-refractivity contribution in [2.24, 2.45) is 11.8 Å². The highest BCUT2D eigenvalue weighted by Crippen LogP contribution is 2.62. The van der Waals surface area contributed by atoms with Crippen LogP contribution in [0.4, 0.5) is 0 Å². The molecule has 0 saturated carbocycles. The van der Waals surface area contributed by atoms with Gasteiger partial charge in [-0.05, 0) is 5.57 Å². The fraction of sp³-hybridized carbons (Fsp3) is 0.286. The van der Waals surface area contributed by atoms with Crippen molar-refractivity contribution >= 4 is 0 Å². The van der Waals surface area contributed by atoms with Crippen LogP contribution in [0.3, 0.4) is 0 Å². The lowest BCUT2D eigenvalue weighted by molar-refractivity contribution is 0.274. The molecule has 0 aromatic heterocycles. The Morgan fingerprint density at radius 1 is 1.12 bits per heavy atom. The molecule has 0 N–H and O–H groups in total. The maximum atomic E-state index is 9.25. The molecule has 3 heteroatoms. The molecular formula is C14H8N2O. The Morgan fingerprint density at radius 2 is 1.94 bits per heavy atom. The largest absolute Gasteiger partial charge is 0.356 e. The van der Waals surface area contributed by atoms with E-state index in [4.69, 9.17) is 4.74 Å². The molecule has 1 spiro atoms. The van der Waals surface area contributed by atoms with Crippen molar-refractivity contribution < 1.29 is 4.74 Å². The summed E-state index contributed by atoms with van der Waals surface area (Å²) in [4.78, 5) is 0. The van der Waals surface area contributed by atoms with Gasteiger partial charge in [0.2, 0.25) is 0 Å². The van der Waals surface area contributed by atoms with Crippen LogP contribution in [0.1, 0.15) is 0 Å². The summed E-state index contributed by atoms with van der Waals surface area (Å²) in [5, 5.41) is 18.5. The van der Waals surface area contributed by atoms with Crippen molar-refractivity contribution in [3.8, 4) is 12.1 Å². The first kappa shape index (κ1) is 8.98. The van der Waals surface area contributed by atoms with E-state index in [-0.39, 0.29) is 23.5 Å². The van der Waals surface area contributed by atoms with Gasteiger partial charge in [-0.2, -0.15) is 10.5 Å². The van der Waals surface area contributed by atoms with E-state index in [1.807, 2.05) is 30.4 Å². The number of hydrogen-bond donors (Lipinski definition) is 0. The van der Waals surface area contributed by atoms with Crippen molar-refractivity contribution in [2.45, 2.75) is 11.7 Å². The summed E-state index contributed by atoms with van der Waals surface area (Å²) >= 11 is 0. The molecule has 2 bridgehead atoms. The molecule has 1 fully saturated rings. The molecule has 1 saturated heterocycles. The summed E-state index contributed by atoms with van der Waals surface area (Å²) < 4.78 is 5.83. The van der Waals surface area contributed by atoms with Crippen LogP contribution in [0.5, 0.6) is 0 Å². The second kappa shape index (κ2) is 2.59. The van der Waals surface area contributed by atoms with E-state index in [1.165, 1.54) is 0 Å². The minimum atomic E-state index is -0.334. The molecule has 5 rings (SSSR count). The van der Waals surface area contributed by atoms with Crippen LogP contribution in [0, 0.1) is 34.5 Å². The lowest BCUT2D eigenvalue weighted by Gasteiger charge is -2.39. The molecule has 0 aromatic rings. The Morgan fingerprint density at radius 3 is 2.71 bits per heavy atom. The maximum absolute atomic E-state index is 9.25. The third kappa shape index (κ3) is 0.791. The normalized spacial score (nSPS) is 43.4. The molecule has 0 radical (unpaired) electrons. The zero-order valence-electron chi connectivity index (χ0n) is 8.92. The number of nitrogens with zero attached hydrogens (tertiary/aromatic N) is 2. The molecule has 4 atom stereocenters. The number of ether oxygens (including phenoxy) is 1. The molecule has 3 nitrogen and oxygen atoms in total. The van der Waals surface area contributed by atoms with Gasteiger partial charge in [-0.3, -0.25) is 0 Å². The van der Waals surface area contributed by atoms with E-state index in [2.05, 4.69) is 12.1 Å². The Balaban J connectivity index is 2.01. The summed E-state index contributed by atoms with van der Waals surface area (Å²) in [6, 6.07) is 4.39. The van der Waals surface area contributed by atoms with E-state index in [1.54, 1.807) is 0 Å². The Labute approximate surface area is 98.6 Å². The Bertz CT molecular complexity index is 638. The van der Waals surface area contributed by atoms with Crippen molar-refractivity contribution in [1.82, 2.24) is 0 Å². The average molecular weight is 220 g/mol. The molecule has 4 unspecified atom stereocenters. The third-order valence-corrected chi connectivity index (χ3v) is 4.15. The van der Waals surface area contributed by atoms with Crippen LogP contribution in [-0.4, -0.2) is 11.7 Å². The van der Waals surface area contributed by atoms with Gasteiger partial charge in [0.15, 0.2) is 0 Å². The first-order chi connectivity index (χ1) is 8.32. The number of nitriles is 2. The van der Waals surface area contributed by atoms with Gasteiger partial charge in [0, 0.05) is 11.8 Å². The maximum Gasteiger partial charge on any atom is 0.132 e. The highest BCUT2D eigenvalue weighted by atomic mass is 16.6. The molecule has 5 aliphatic rings. The molecule has 0 aromatic carbocycles. The number of epoxide rings is 1. The van der Waals surface area contributed by atoms with Crippen LogP contribution in [0.25, 0.3) is 0 Å². The topological polar surface area (TPSA) is 60.1 Å². The number of rotatable bonds is 0. The monoisotopic (exact) mass is 220 g/mol. The minimum absolute atomic E-state index is 0.0606. The molecule has 1 heterocycles. The fourth-order valence-electron chi connectivity index (χ4n) is 3.38. The molecule has 1 aliphatic heterocycles. The van der Waals surface area contributed by atoms with Gasteiger partial charge in [0.05, 0.1) is 23.3 Å². The molecule has 0 amide bonds. The Kier molecular flexibility index (Phi) is 1.37. The fourth-order valence-corrected chi connectivity index (χ4v) is 3.38. The predicted molar refractivity (Wildman–Crippen MR) is 59.2 cm³/mol. The van der Waals surface area contributed by atoms with E-state index >= 15 is 0 Å². The van der Waals surface area contributed by atoms with E-state index in [0.29, 0.717) is 11.1 Å². The summed E-state index contributed by atoms with van der Waals surface area (Å²) in [6.07, 6.45) is 10.2. The predicted octanol–water partition coefficient (Wildman–Crippen LogP) is 1.78. The first-order valence-corrected chi connectivity index (χ1v) is 5.62. The number of allylic oxidation sites excluding steroid dienone is 4. The lowest BCUT2D eigenvalue weighted by atomic mass is 9.61. The van der Waals surface area contributed by atoms with E-state index < -0.39 is 0 Å². The average Bonchev–Trinajstić information content (AvgIpc) is 3.11. The van der Waals surface area contributed by atoms with Gasteiger partial charge in [0.25, 0.3) is 0 Å². The summed E-state index contributed by atoms with van der Waals surface area (Å²) in [6.45, 7) is 0. The van der Waals surface area contributed by atoms with Crippen LogP contribution < -0.4 is 0 Å². The van der Waals surface area contributed by atoms with Gasteiger partial charge in [0.1, 0.15) is 11.7 Å². The van der Waals surface area contributed by atoms with Crippen LogP contribution >= 0.6 is 0 Å². The van der Waals surface area contributed by atoms with Gasteiger partial charge in [-0.25, -0.2) is 0 Å². The first-order valence-electron chi connectivity index (χ1n) is 5.62. The van der Waals surface area contributed by atoms with Crippen molar-refractivity contribution in [3.05, 3.63) is 47.1 Å². The van der Waals surface area contributed by atoms with Gasteiger partial charge < -0.3 is 4.74 Å². The highest BCUT2D eigenvalue weighted by Gasteiger charge is 2.68. The van der Waals surface area contributed by atoms with Gasteiger partial charge in [-0.1, -0.05) is 30.4 Å². The van der Waals surface area contributed by atoms with E-state index in [0.717, 1.165) is 5.57 Å². The number of hydrogen-bond acceptors (Lipinski definition) is 3. The van der Waals surface area contributed by atoms with Crippen LogP contribution in [0.2, 0.25) is 0 Å². The zero-order chi connectivity index (χ0) is 11.6. The molecule has 80 valence electrons. The van der Waals surface area contributed by atoms with Crippen LogP contribution in [0.15, 0.2) is 47.1 Å². The second-order valence-electron chi connectivity index (χ2n) is 4.73. The summed E-state index contributed by atoms with van der Waals surface area (Å²) in [5.74, 6) is -0.136. The molecule has 4 aliphatic carbocycles. The highest BCUT2D eigenvalue weighted by molar-refractivity contribution is 5.63. The standard InChI is InChI=1S/C14H8N2O/c15-6-9-8-4-5-12(10(9)7-16)14-11(8)2-1-3-13(14)17-14/h1-5,8,12-13H. The lowest BCUT2D eigenvalue weighted by Crippen LogP contribution is -2.41. The van der Waals surface area contributed by atoms with E-state index in [9.17, 15) is 10.5 Å². The zero-order valence-corrected chi connectivity index (χ0v) is 8.92.